The van der Waals surface area contributed by atoms with Gasteiger partial charge in [-0.05, 0) is 53.9 Å². The molecule has 42 heavy (non-hydrogen) atoms. The second kappa shape index (κ2) is 13.8. The molecule has 0 radical (unpaired) electrons. The lowest BCUT2D eigenvalue weighted by Gasteiger charge is -2.31. The molecule has 10 nitrogen and oxygen atoms in total. The summed E-state index contributed by atoms with van der Waals surface area (Å²) in [4.78, 5) is 32.7. The van der Waals surface area contributed by atoms with Crippen molar-refractivity contribution in [2.45, 2.75) is 12.5 Å². The number of nitrogens with zero attached hydrogens (tertiary/aromatic N) is 4. The predicted octanol–water partition coefficient (Wildman–Crippen LogP) is 3.93. The number of thiophene rings is 1. The number of ether oxygens (including phenoxy) is 4. The van der Waals surface area contributed by atoms with E-state index >= 15 is 0 Å². The van der Waals surface area contributed by atoms with E-state index < -0.39 is 6.04 Å². The molecule has 2 aromatic carbocycles. The lowest BCUT2D eigenvalue weighted by atomic mass is 9.99. The fourth-order valence-electron chi connectivity index (χ4n) is 5.17. The minimum absolute atomic E-state index is 0.126. The molecule has 3 heterocycles. The zero-order valence-corrected chi connectivity index (χ0v) is 25.0. The number of hydrogen-bond donors (Lipinski definition) is 0. The van der Waals surface area contributed by atoms with Gasteiger partial charge in [0.15, 0.2) is 0 Å². The van der Waals surface area contributed by atoms with Crippen LogP contribution in [-0.2, 0) is 9.53 Å². The molecule has 3 aromatic rings. The number of morpholine rings is 1. The van der Waals surface area contributed by atoms with Crippen molar-refractivity contribution in [2.24, 2.45) is 5.10 Å². The van der Waals surface area contributed by atoms with Crippen molar-refractivity contribution in [1.82, 2.24) is 14.8 Å². The van der Waals surface area contributed by atoms with Crippen molar-refractivity contribution in [3.05, 3.63) is 76.0 Å². The Morgan fingerprint density at radius 1 is 1.00 bits per heavy atom. The standard InChI is InChI=1S/C31H36N4O6S/c1-38-23-8-6-22(7-9-23)31(37)34(13-12-33-14-16-41-17-15-33)21-30(36)35-27(20-26(32-35)29-5-4-18-42-29)25-19-24(39-2)10-11-28(25)40-3/h4-11,18-19,27H,12-17,20-21H2,1-3H3/t27-/m0/s1. The zero-order valence-electron chi connectivity index (χ0n) is 24.2. The molecule has 1 saturated heterocycles. The molecular weight excluding hydrogens is 556 g/mol. The smallest absolute Gasteiger partial charge is 0.262 e. The van der Waals surface area contributed by atoms with E-state index in [1.54, 1.807) is 61.8 Å². The molecule has 1 fully saturated rings. The minimum Gasteiger partial charge on any atom is -0.497 e. The van der Waals surface area contributed by atoms with E-state index in [-0.39, 0.29) is 18.4 Å². The van der Waals surface area contributed by atoms with Crippen LogP contribution in [0.4, 0.5) is 0 Å². The monoisotopic (exact) mass is 592 g/mol. The van der Waals surface area contributed by atoms with Crippen LogP contribution in [0, 0.1) is 0 Å². The van der Waals surface area contributed by atoms with Crippen LogP contribution in [0.2, 0.25) is 0 Å². The summed E-state index contributed by atoms with van der Waals surface area (Å²) in [5.74, 6) is 1.45. The lowest BCUT2D eigenvalue weighted by molar-refractivity contribution is -0.133. The van der Waals surface area contributed by atoms with Gasteiger partial charge in [-0.1, -0.05) is 6.07 Å². The number of rotatable bonds is 11. The van der Waals surface area contributed by atoms with Crippen LogP contribution in [-0.4, -0.2) is 99.6 Å². The third kappa shape index (κ3) is 6.75. The van der Waals surface area contributed by atoms with Crippen molar-refractivity contribution in [1.29, 1.82) is 0 Å². The van der Waals surface area contributed by atoms with Gasteiger partial charge in [-0.15, -0.1) is 11.3 Å². The number of amides is 2. The maximum absolute atomic E-state index is 14.1. The fourth-order valence-corrected chi connectivity index (χ4v) is 5.89. The third-order valence-corrected chi connectivity index (χ3v) is 8.43. The van der Waals surface area contributed by atoms with Crippen molar-refractivity contribution < 1.29 is 28.5 Å². The third-order valence-electron chi connectivity index (χ3n) is 7.51. The maximum atomic E-state index is 14.1. The van der Waals surface area contributed by atoms with E-state index in [1.165, 1.54) is 5.01 Å². The number of methoxy groups -OCH3 is 3. The van der Waals surface area contributed by atoms with Crippen LogP contribution in [0.3, 0.4) is 0 Å². The summed E-state index contributed by atoms with van der Waals surface area (Å²) in [5.41, 5.74) is 2.09. The minimum atomic E-state index is -0.420. The van der Waals surface area contributed by atoms with Gasteiger partial charge in [-0.2, -0.15) is 5.10 Å². The zero-order chi connectivity index (χ0) is 29.5. The van der Waals surface area contributed by atoms with Crippen molar-refractivity contribution >= 4 is 28.9 Å². The summed E-state index contributed by atoms with van der Waals surface area (Å²) < 4.78 is 21.9. The largest absolute Gasteiger partial charge is 0.497 e. The molecule has 1 atom stereocenters. The first-order valence-electron chi connectivity index (χ1n) is 13.9. The van der Waals surface area contributed by atoms with Crippen LogP contribution in [0.25, 0.3) is 0 Å². The number of carbonyl (C=O) groups excluding carboxylic acids is 2. The normalized spacial score (nSPS) is 17.1. The van der Waals surface area contributed by atoms with Gasteiger partial charge in [-0.25, -0.2) is 5.01 Å². The molecule has 0 aliphatic carbocycles. The number of hydrazone groups is 1. The molecule has 0 saturated carbocycles. The molecule has 2 aliphatic rings. The van der Waals surface area contributed by atoms with Gasteiger partial charge in [0.2, 0.25) is 0 Å². The highest BCUT2D eigenvalue weighted by molar-refractivity contribution is 7.12. The van der Waals surface area contributed by atoms with Crippen molar-refractivity contribution in [3.8, 4) is 17.2 Å². The first-order chi connectivity index (χ1) is 20.5. The molecule has 0 unspecified atom stereocenters. The van der Waals surface area contributed by atoms with Gasteiger partial charge < -0.3 is 23.8 Å². The Kier molecular flexibility index (Phi) is 9.73. The maximum Gasteiger partial charge on any atom is 0.262 e. The quantitative estimate of drug-likeness (QED) is 0.333. The second-order valence-electron chi connectivity index (χ2n) is 10.00. The van der Waals surface area contributed by atoms with Crippen LogP contribution in [0.5, 0.6) is 17.2 Å². The molecule has 2 aliphatic heterocycles. The Morgan fingerprint density at radius 2 is 1.74 bits per heavy atom. The van der Waals surface area contributed by atoms with E-state index in [1.807, 2.05) is 35.7 Å². The predicted molar refractivity (Wildman–Crippen MR) is 161 cm³/mol. The van der Waals surface area contributed by atoms with Gasteiger partial charge >= 0.3 is 0 Å². The summed E-state index contributed by atoms with van der Waals surface area (Å²) >= 11 is 1.58. The fraction of sp³-hybridized carbons (Fsp3) is 0.387. The molecule has 0 bridgehead atoms. The SMILES string of the molecule is COc1ccc(C(=O)N(CCN2CCOCC2)CC(=O)N2N=C(c3cccs3)C[C@H]2c2cc(OC)ccc2OC)cc1. The second-order valence-corrected chi connectivity index (χ2v) is 10.9. The summed E-state index contributed by atoms with van der Waals surface area (Å²) in [5, 5.41) is 8.31. The van der Waals surface area contributed by atoms with E-state index in [0.29, 0.717) is 55.5 Å². The van der Waals surface area contributed by atoms with Crippen molar-refractivity contribution in [3.63, 3.8) is 0 Å². The Morgan fingerprint density at radius 3 is 2.40 bits per heavy atom. The lowest BCUT2D eigenvalue weighted by Crippen LogP contribution is -2.46. The van der Waals surface area contributed by atoms with E-state index in [0.717, 1.165) is 29.2 Å². The summed E-state index contributed by atoms with van der Waals surface area (Å²) in [7, 11) is 4.79. The number of hydrogen-bond acceptors (Lipinski definition) is 9. The van der Waals surface area contributed by atoms with E-state index in [9.17, 15) is 9.59 Å². The molecular formula is C31H36N4O6S. The Hall–Kier alpha value is -3.93. The van der Waals surface area contributed by atoms with Crippen LogP contribution < -0.4 is 14.2 Å². The van der Waals surface area contributed by atoms with E-state index in [2.05, 4.69) is 4.90 Å². The summed E-state index contributed by atoms with van der Waals surface area (Å²) in [6.45, 7) is 3.79. The summed E-state index contributed by atoms with van der Waals surface area (Å²) in [6.07, 6.45) is 0.510. The number of carbonyl (C=O) groups is 2. The molecule has 0 spiro atoms. The molecule has 1 aromatic heterocycles. The Balaban J connectivity index is 1.43. The highest BCUT2D eigenvalue weighted by atomic mass is 32.1. The van der Waals surface area contributed by atoms with Gasteiger partial charge in [0, 0.05) is 43.7 Å². The highest BCUT2D eigenvalue weighted by Crippen LogP contribution is 2.40. The van der Waals surface area contributed by atoms with Gasteiger partial charge in [0.1, 0.15) is 23.8 Å². The van der Waals surface area contributed by atoms with Gasteiger partial charge in [0.25, 0.3) is 11.8 Å². The van der Waals surface area contributed by atoms with E-state index in [4.69, 9.17) is 24.0 Å². The first-order valence-corrected chi connectivity index (χ1v) is 14.8. The molecule has 222 valence electrons. The van der Waals surface area contributed by atoms with Crippen LogP contribution in [0.15, 0.2) is 65.1 Å². The van der Waals surface area contributed by atoms with Crippen molar-refractivity contribution in [2.75, 3.05) is 67.3 Å². The number of benzene rings is 2. The first kappa shape index (κ1) is 29.6. The van der Waals surface area contributed by atoms with Crippen LogP contribution in [0.1, 0.15) is 33.3 Å². The molecule has 0 N–H and O–H groups in total. The topological polar surface area (TPSA) is 93.1 Å². The Bertz CT molecular complexity index is 1390. The van der Waals surface area contributed by atoms with Gasteiger partial charge in [0.05, 0.1) is 51.2 Å². The Labute approximate surface area is 250 Å². The molecule has 2 amide bonds. The average molecular weight is 593 g/mol. The average Bonchev–Trinajstić information content (AvgIpc) is 3.74. The highest BCUT2D eigenvalue weighted by Gasteiger charge is 2.36. The molecule has 5 rings (SSSR count). The summed E-state index contributed by atoms with van der Waals surface area (Å²) in [6, 6.07) is 16.0. The molecule has 11 heteroatoms. The van der Waals surface area contributed by atoms with Crippen LogP contribution >= 0.6 is 11.3 Å². The van der Waals surface area contributed by atoms with Gasteiger partial charge in [-0.3, -0.25) is 14.5 Å².